The fourth-order valence-corrected chi connectivity index (χ4v) is 3.63. The maximum Gasteiger partial charge on any atom is 0.335 e. The van der Waals surface area contributed by atoms with Crippen LogP contribution in [0.5, 0.6) is 0 Å². The zero-order valence-electron chi connectivity index (χ0n) is 10.9. The lowest BCUT2D eigenvalue weighted by atomic mass is 9.93. The molecule has 0 radical (unpaired) electrons. The number of hydrogen-bond acceptors (Lipinski definition) is 5. The number of carbonyl (C=O) groups is 1. The molecule has 18 heavy (non-hydrogen) atoms. The number of hydrogen-bond donors (Lipinski definition) is 5. The van der Waals surface area contributed by atoms with E-state index in [9.17, 15) is 25.2 Å². The van der Waals surface area contributed by atoms with E-state index in [1.807, 2.05) is 0 Å². The van der Waals surface area contributed by atoms with E-state index < -0.39 is 39.7 Å². The van der Waals surface area contributed by atoms with E-state index >= 15 is 0 Å². The van der Waals surface area contributed by atoms with Crippen molar-refractivity contribution in [3.8, 4) is 0 Å². The molecule has 2 rings (SSSR count). The lowest BCUT2D eigenvalue weighted by Crippen LogP contribution is -2.50. The van der Waals surface area contributed by atoms with E-state index in [-0.39, 0.29) is 6.42 Å². The molecule has 2 aliphatic rings. The van der Waals surface area contributed by atoms with Gasteiger partial charge in [-0.3, -0.25) is 0 Å². The quantitative estimate of drug-likeness (QED) is 0.448. The summed E-state index contributed by atoms with van der Waals surface area (Å²) in [4.78, 5) is 10.9. The van der Waals surface area contributed by atoms with Crippen molar-refractivity contribution in [3.05, 3.63) is 0 Å². The number of rotatable bonds is 3. The minimum atomic E-state index is -2.26. The van der Waals surface area contributed by atoms with Crippen LogP contribution in [0.1, 0.15) is 34.1 Å². The summed E-state index contributed by atoms with van der Waals surface area (Å²) in [5.41, 5.74) is -7.81. The topological polar surface area (TPSA) is 118 Å². The average molecular weight is 260 g/mol. The average Bonchev–Trinajstić information content (AvgIpc) is 2.87. The van der Waals surface area contributed by atoms with Crippen molar-refractivity contribution in [3.63, 3.8) is 0 Å². The molecular formula is C12H20O6. The van der Waals surface area contributed by atoms with Crippen molar-refractivity contribution < 1.29 is 30.3 Å². The first-order chi connectivity index (χ1) is 7.81. The molecule has 2 fully saturated rings. The molecule has 2 saturated carbocycles. The Balaban J connectivity index is 2.46. The molecule has 0 aromatic carbocycles. The van der Waals surface area contributed by atoms with Gasteiger partial charge in [0.15, 0.2) is 6.10 Å². The number of aliphatic carboxylic acids is 1. The van der Waals surface area contributed by atoms with Gasteiger partial charge in [-0.05, 0) is 11.8 Å². The maximum atomic E-state index is 10.9. The molecule has 5 N–H and O–H groups in total. The Bertz CT molecular complexity index is 430. The van der Waals surface area contributed by atoms with Gasteiger partial charge >= 0.3 is 5.97 Å². The number of aliphatic hydroxyl groups excluding tert-OH is 1. The second-order valence-corrected chi connectivity index (χ2v) is 6.76. The summed E-state index contributed by atoms with van der Waals surface area (Å²) in [7, 11) is 0. The Morgan fingerprint density at radius 2 is 1.50 bits per heavy atom. The van der Waals surface area contributed by atoms with Crippen LogP contribution in [0, 0.1) is 10.8 Å². The molecule has 0 saturated heterocycles. The Hall–Kier alpha value is -0.690. The fourth-order valence-electron chi connectivity index (χ4n) is 3.63. The van der Waals surface area contributed by atoms with Crippen molar-refractivity contribution in [1.29, 1.82) is 0 Å². The Kier molecular flexibility index (Phi) is 2.21. The minimum Gasteiger partial charge on any atom is -0.479 e. The van der Waals surface area contributed by atoms with Crippen LogP contribution in [0.25, 0.3) is 0 Å². The predicted octanol–water partition coefficient (Wildman–Crippen LogP) is -0.905. The van der Waals surface area contributed by atoms with Gasteiger partial charge < -0.3 is 25.5 Å². The van der Waals surface area contributed by atoms with Crippen molar-refractivity contribution in [2.24, 2.45) is 10.8 Å². The van der Waals surface area contributed by atoms with Gasteiger partial charge in [0.05, 0.1) is 0 Å². The van der Waals surface area contributed by atoms with Crippen LogP contribution >= 0.6 is 0 Å². The summed E-state index contributed by atoms with van der Waals surface area (Å²) in [6.45, 7) is 6.30. The van der Waals surface area contributed by atoms with Crippen molar-refractivity contribution in [1.82, 2.24) is 0 Å². The SMILES string of the molecule is CC1(C)C[C@@]1(O)[C@@]1(O)C(C)(C)[C@@]1(O)C(O)C(=O)O. The molecule has 0 aliphatic heterocycles. The highest BCUT2D eigenvalue weighted by Crippen LogP contribution is 2.79. The van der Waals surface area contributed by atoms with Crippen LogP contribution in [0.3, 0.4) is 0 Å². The summed E-state index contributed by atoms with van der Waals surface area (Å²) < 4.78 is 0. The fraction of sp³-hybridized carbons (Fsp3) is 0.917. The van der Waals surface area contributed by atoms with Crippen LogP contribution in [0.4, 0.5) is 0 Å². The molecule has 4 atom stereocenters. The van der Waals surface area contributed by atoms with Crippen molar-refractivity contribution in [2.45, 2.75) is 57.0 Å². The molecule has 2 aliphatic carbocycles. The highest BCUT2D eigenvalue weighted by Gasteiger charge is 2.97. The van der Waals surface area contributed by atoms with Crippen LogP contribution in [-0.4, -0.2) is 54.4 Å². The van der Waals surface area contributed by atoms with Crippen LogP contribution in [0.2, 0.25) is 0 Å². The van der Waals surface area contributed by atoms with Crippen molar-refractivity contribution in [2.75, 3.05) is 0 Å². The number of aliphatic hydroxyl groups is 4. The molecule has 1 unspecified atom stereocenters. The van der Waals surface area contributed by atoms with Crippen LogP contribution in [-0.2, 0) is 4.79 Å². The third-order valence-corrected chi connectivity index (χ3v) is 5.27. The summed E-state index contributed by atoms with van der Waals surface area (Å²) in [5, 5.41) is 49.9. The molecule has 0 spiro atoms. The van der Waals surface area contributed by atoms with E-state index in [4.69, 9.17) is 5.11 Å². The van der Waals surface area contributed by atoms with Crippen LogP contribution in [0.15, 0.2) is 0 Å². The molecule has 104 valence electrons. The largest absolute Gasteiger partial charge is 0.479 e. The summed E-state index contributed by atoms with van der Waals surface area (Å²) >= 11 is 0. The van der Waals surface area contributed by atoms with Gasteiger partial charge in [-0.25, -0.2) is 4.79 Å². The van der Waals surface area contributed by atoms with Crippen molar-refractivity contribution >= 4 is 5.97 Å². The van der Waals surface area contributed by atoms with Gasteiger partial charge in [0.25, 0.3) is 0 Å². The summed E-state index contributed by atoms with van der Waals surface area (Å²) in [6, 6.07) is 0. The minimum absolute atomic E-state index is 0.245. The van der Waals surface area contributed by atoms with Crippen LogP contribution < -0.4 is 0 Å². The van der Waals surface area contributed by atoms with E-state index in [0.29, 0.717) is 0 Å². The van der Waals surface area contributed by atoms with E-state index in [2.05, 4.69) is 0 Å². The Morgan fingerprint density at radius 1 is 1.11 bits per heavy atom. The third kappa shape index (κ3) is 0.989. The molecule has 6 heteroatoms. The normalized spacial score (nSPS) is 49.6. The zero-order valence-corrected chi connectivity index (χ0v) is 10.9. The monoisotopic (exact) mass is 260 g/mol. The second kappa shape index (κ2) is 2.90. The first kappa shape index (κ1) is 13.7. The maximum absolute atomic E-state index is 10.9. The van der Waals surface area contributed by atoms with Gasteiger partial charge in [0.2, 0.25) is 0 Å². The Labute approximate surface area is 105 Å². The molecule has 0 heterocycles. The lowest BCUT2D eigenvalue weighted by molar-refractivity contribution is -0.166. The van der Waals surface area contributed by atoms with Gasteiger partial charge in [-0.15, -0.1) is 0 Å². The third-order valence-electron chi connectivity index (χ3n) is 5.27. The number of carboxylic acid groups (broad SMARTS) is 1. The molecule has 0 amide bonds. The van der Waals surface area contributed by atoms with Gasteiger partial charge in [0.1, 0.15) is 16.8 Å². The highest BCUT2D eigenvalue weighted by molar-refractivity contribution is 5.77. The first-order valence-electron chi connectivity index (χ1n) is 5.89. The van der Waals surface area contributed by atoms with Gasteiger partial charge in [0, 0.05) is 5.41 Å². The molecule has 6 nitrogen and oxygen atoms in total. The Morgan fingerprint density at radius 3 is 1.78 bits per heavy atom. The summed E-state index contributed by atoms with van der Waals surface area (Å²) in [5.74, 6) is -1.62. The van der Waals surface area contributed by atoms with Gasteiger partial charge in [-0.1, -0.05) is 27.7 Å². The molecule has 0 aromatic heterocycles. The molecular weight excluding hydrogens is 240 g/mol. The predicted molar refractivity (Wildman–Crippen MR) is 60.7 cm³/mol. The zero-order chi connectivity index (χ0) is 14.4. The molecule has 0 bridgehead atoms. The smallest absolute Gasteiger partial charge is 0.335 e. The first-order valence-corrected chi connectivity index (χ1v) is 5.89. The summed E-state index contributed by atoms with van der Waals surface area (Å²) in [6.07, 6.45) is -1.90. The van der Waals surface area contributed by atoms with E-state index in [1.54, 1.807) is 13.8 Å². The highest BCUT2D eigenvalue weighted by atomic mass is 16.5. The van der Waals surface area contributed by atoms with E-state index in [1.165, 1.54) is 13.8 Å². The standard InChI is InChI=1S/C12H20O6/c1-8(2)5-10(8,16)12(18)9(3,4)11(12,17)6(13)7(14)15/h6,13,16-18H,5H2,1-4H3,(H,14,15)/t6?,10-,11-,12-/m0/s1. The lowest BCUT2D eigenvalue weighted by Gasteiger charge is -2.26. The number of carboxylic acids is 1. The van der Waals surface area contributed by atoms with E-state index in [0.717, 1.165) is 0 Å². The molecule has 0 aromatic rings. The van der Waals surface area contributed by atoms with Gasteiger partial charge in [-0.2, -0.15) is 0 Å². The second-order valence-electron chi connectivity index (χ2n) is 6.76.